The molecule has 0 N–H and O–H groups in total. The van der Waals surface area contributed by atoms with Crippen LogP contribution in [-0.4, -0.2) is 0 Å². The summed E-state index contributed by atoms with van der Waals surface area (Å²) in [6.45, 7) is 5.94. The van der Waals surface area contributed by atoms with E-state index >= 15 is 0 Å². The number of nitrogens with zero attached hydrogens (tertiary/aromatic N) is 1. The van der Waals surface area contributed by atoms with Crippen molar-refractivity contribution in [3.63, 3.8) is 0 Å². The van der Waals surface area contributed by atoms with Crippen LogP contribution in [-0.2, 0) is 0 Å². The largest absolute Gasteiger partial charge is 0.310 e. The first-order valence-electron chi connectivity index (χ1n) is 7.42. The highest BCUT2D eigenvalue weighted by molar-refractivity contribution is 5.77. The van der Waals surface area contributed by atoms with Crippen LogP contribution in [0, 0.1) is 6.92 Å². The Hall–Kier alpha value is -2.80. The normalized spacial score (nSPS) is 10.2. The maximum absolute atomic E-state index is 3.82. The van der Waals surface area contributed by atoms with Crippen molar-refractivity contribution in [1.29, 1.82) is 0 Å². The van der Waals surface area contributed by atoms with E-state index in [9.17, 15) is 0 Å². The predicted octanol–water partition coefficient (Wildman–Crippen LogP) is 6.11. The summed E-state index contributed by atoms with van der Waals surface area (Å²) in [6, 6.07) is 27.4. The van der Waals surface area contributed by atoms with Gasteiger partial charge < -0.3 is 4.90 Å². The van der Waals surface area contributed by atoms with Crippen LogP contribution >= 0.6 is 0 Å². The van der Waals surface area contributed by atoms with Gasteiger partial charge in [0.05, 0.1) is 0 Å². The third-order valence-corrected chi connectivity index (χ3v) is 3.66. The van der Waals surface area contributed by atoms with Crippen LogP contribution in [0.2, 0.25) is 0 Å². The standard InChI is InChI=1S/C21H19N/c1-3-18-12-14-20(15-13-18)22(19-9-5-4-6-10-19)21-11-7-8-17(2)16-21/h3-16H,1H2,2H3. The van der Waals surface area contributed by atoms with Gasteiger partial charge in [0.25, 0.3) is 0 Å². The molecule has 0 saturated carbocycles. The molecule has 3 aromatic rings. The van der Waals surface area contributed by atoms with Gasteiger partial charge in [0, 0.05) is 17.1 Å². The Morgan fingerprint density at radius 1 is 0.727 bits per heavy atom. The van der Waals surface area contributed by atoms with Gasteiger partial charge in [-0.25, -0.2) is 0 Å². The fourth-order valence-corrected chi connectivity index (χ4v) is 2.55. The molecule has 0 amide bonds. The molecule has 108 valence electrons. The van der Waals surface area contributed by atoms with Gasteiger partial charge in [-0.2, -0.15) is 0 Å². The SMILES string of the molecule is C=Cc1ccc(N(c2ccccc2)c2cccc(C)c2)cc1. The summed E-state index contributed by atoms with van der Waals surface area (Å²) in [5.41, 5.74) is 5.83. The van der Waals surface area contributed by atoms with Crippen molar-refractivity contribution in [3.05, 3.63) is 96.6 Å². The zero-order valence-electron chi connectivity index (χ0n) is 12.7. The Balaban J connectivity index is 2.12. The van der Waals surface area contributed by atoms with Gasteiger partial charge in [0.1, 0.15) is 0 Å². The Bertz CT molecular complexity index is 757. The van der Waals surface area contributed by atoms with E-state index in [-0.39, 0.29) is 0 Å². The average molecular weight is 285 g/mol. The van der Waals surface area contributed by atoms with Crippen molar-refractivity contribution in [2.45, 2.75) is 6.92 Å². The Labute approximate surface area is 132 Å². The molecule has 0 aromatic heterocycles. The van der Waals surface area contributed by atoms with Crippen LogP contribution in [0.15, 0.2) is 85.4 Å². The van der Waals surface area contributed by atoms with Crippen molar-refractivity contribution in [2.75, 3.05) is 4.90 Å². The lowest BCUT2D eigenvalue weighted by molar-refractivity contribution is 1.27. The van der Waals surface area contributed by atoms with Crippen molar-refractivity contribution < 1.29 is 0 Å². The highest BCUT2D eigenvalue weighted by atomic mass is 15.1. The topological polar surface area (TPSA) is 3.24 Å². The highest BCUT2D eigenvalue weighted by Gasteiger charge is 2.11. The molecule has 0 heterocycles. The third kappa shape index (κ3) is 2.94. The number of anilines is 3. The first kappa shape index (κ1) is 14.2. The Morgan fingerprint density at radius 2 is 1.36 bits per heavy atom. The zero-order chi connectivity index (χ0) is 15.4. The molecule has 0 aliphatic rings. The smallest absolute Gasteiger partial charge is 0.0464 e. The van der Waals surface area contributed by atoms with Crippen LogP contribution in [0.1, 0.15) is 11.1 Å². The maximum Gasteiger partial charge on any atom is 0.0464 e. The fourth-order valence-electron chi connectivity index (χ4n) is 2.55. The molecule has 0 aliphatic carbocycles. The molecule has 0 saturated heterocycles. The molecule has 3 rings (SSSR count). The number of hydrogen-bond donors (Lipinski definition) is 0. The van der Waals surface area contributed by atoms with Gasteiger partial charge in [0.2, 0.25) is 0 Å². The lowest BCUT2D eigenvalue weighted by Crippen LogP contribution is -2.09. The second-order valence-electron chi connectivity index (χ2n) is 5.31. The highest BCUT2D eigenvalue weighted by Crippen LogP contribution is 2.34. The second-order valence-corrected chi connectivity index (χ2v) is 5.31. The van der Waals surface area contributed by atoms with E-state index in [4.69, 9.17) is 0 Å². The average Bonchev–Trinajstić information content (AvgIpc) is 2.57. The summed E-state index contributed by atoms with van der Waals surface area (Å²) in [6.07, 6.45) is 1.86. The summed E-state index contributed by atoms with van der Waals surface area (Å²) in [5, 5.41) is 0. The maximum atomic E-state index is 3.82. The monoisotopic (exact) mass is 285 g/mol. The summed E-state index contributed by atoms with van der Waals surface area (Å²) >= 11 is 0. The van der Waals surface area contributed by atoms with Crippen molar-refractivity contribution >= 4 is 23.1 Å². The fraction of sp³-hybridized carbons (Fsp3) is 0.0476. The van der Waals surface area contributed by atoms with Gasteiger partial charge in [-0.15, -0.1) is 0 Å². The van der Waals surface area contributed by atoms with E-state index in [2.05, 4.69) is 91.2 Å². The number of para-hydroxylation sites is 1. The minimum Gasteiger partial charge on any atom is -0.310 e. The van der Waals surface area contributed by atoms with Crippen LogP contribution < -0.4 is 4.90 Å². The van der Waals surface area contributed by atoms with E-state index in [1.54, 1.807) is 0 Å². The molecule has 22 heavy (non-hydrogen) atoms. The van der Waals surface area contributed by atoms with E-state index < -0.39 is 0 Å². The zero-order valence-corrected chi connectivity index (χ0v) is 12.7. The summed E-state index contributed by atoms with van der Waals surface area (Å²) in [5.74, 6) is 0. The van der Waals surface area contributed by atoms with Crippen LogP contribution in [0.4, 0.5) is 17.1 Å². The summed E-state index contributed by atoms with van der Waals surface area (Å²) in [4.78, 5) is 2.26. The molecule has 3 aromatic carbocycles. The quantitative estimate of drug-likeness (QED) is 0.559. The molecule has 1 heteroatoms. The molecular formula is C21H19N. The van der Waals surface area contributed by atoms with E-state index in [1.165, 1.54) is 5.56 Å². The number of aryl methyl sites for hydroxylation is 1. The van der Waals surface area contributed by atoms with Gasteiger partial charge in [-0.1, -0.05) is 55.1 Å². The molecule has 0 aliphatic heterocycles. The molecule has 0 unspecified atom stereocenters. The summed E-state index contributed by atoms with van der Waals surface area (Å²) in [7, 11) is 0. The molecule has 1 nitrogen and oxygen atoms in total. The number of hydrogen-bond acceptors (Lipinski definition) is 1. The molecule has 0 fully saturated rings. The van der Waals surface area contributed by atoms with E-state index in [0.717, 1.165) is 22.6 Å². The van der Waals surface area contributed by atoms with Crippen LogP contribution in [0.3, 0.4) is 0 Å². The lowest BCUT2D eigenvalue weighted by atomic mass is 10.1. The minimum atomic E-state index is 1.13. The number of rotatable bonds is 4. The van der Waals surface area contributed by atoms with Crippen molar-refractivity contribution in [3.8, 4) is 0 Å². The molecule has 0 bridgehead atoms. The molecule has 0 radical (unpaired) electrons. The Morgan fingerprint density at radius 3 is 2.00 bits per heavy atom. The molecular weight excluding hydrogens is 266 g/mol. The van der Waals surface area contributed by atoms with E-state index in [1.807, 2.05) is 12.1 Å². The molecule has 0 atom stereocenters. The first-order valence-corrected chi connectivity index (χ1v) is 7.42. The molecule has 0 spiro atoms. The minimum absolute atomic E-state index is 1.13. The Kier molecular flexibility index (Phi) is 4.06. The van der Waals surface area contributed by atoms with Crippen molar-refractivity contribution in [2.24, 2.45) is 0 Å². The first-order chi connectivity index (χ1) is 10.8. The van der Waals surface area contributed by atoms with Gasteiger partial charge >= 0.3 is 0 Å². The van der Waals surface area contributed by atoms with Gasteiger partial charge in [-0.3, -0.25) is 0 Å². The predicted molar refractivity (Wildman–Crippen MR) is 96.0 cm³/mol. The number of benzene rings is 3. The lowest BCUT2D eigenvalue weighted by Gasteiger charge is -2.25. The second kappa shape index (κ2) is 6.31. The third-order valence-electron chi connectivity index (χ3n) is 3.66. The van der Waals surface area contributed by atoms with Crippen LogP contribution in [0.25, 0.3) is 6.08 Å². The summed E-state index contributed by atoms with van der Waals surface area (Å²) < 4.78 is 0. The van der Waals surface area contributed by atoms with Crippen LogP contribution in [0.5, 0.6) is 0 Å². The van der Waals surface area contributed by atoms with Gasteiger partial charge in [-0.05, 0) is 54.4 Å². The van der Waals surface area contributed by atoms with Gasteiger partial charge in [0.15, 0.2) is 0 Å². The van der Waals surface area contributed by atoms with E-state index in [0.29, 0.717) is 0 Å². The van der Waals surface area contributed by atoms with Crippen molar-refractivity contribution in [1.82, 2.24) is 0 Å².